The minimum absolute atomic E-state index is 0.0298. The van der Waals surface area contributed by atoms with Crippen molar-refractivity contribution in [2.75, 3.05) is 6.54 Å². The topological polar surface area (TPSA) is 64.0 Å². The van der Waals surface area contributed by atoms with Gasteiger partial charge in [-0.1, -0.05) is 24.9 Å². The summed E-state index contributed by atoms with van der Waals surface area (Å²) in [5.41, 5.74) is 0.310. The maximum atomic E-state index is 12.2. The summed E-state index contributed by atoms with van der Waals surface area (Å²) in [5.74, 6) is -0.191. The third kappa shape index (κ3) is 3.36. The van der Waals surface area contributed by atoms with E-state index in [1.165, 1.54) is 10.9 Å². The fourth-order valence-electron chi connectivity index (χ4n) is 1.86. The number of benzene rings is 1. The first-order valence-electron chi connectivity index (χ1n) is 6.53. The van der Waals surface area contributed by atoms with Gasteiger partial charge >= 0.3 is 0 Å². The number of hydrogen-bond donors (Lipinski definition) is 1. The summed E-state index contributed by atoms with van der Waals surface area (Å²) in [6.07, 6.45) is 3.32. The Balaban J connectivity index is 2.21. The van der Waals surface area contributed by atoms with Crippen molar-refractivity contribution >= 4 is 28.4 Å². The molecule has 2 aromatic rings. The van der Waals surface area contributed by atoms with Crippen molar-refractivity contribution in [2.24, 2.45) is 0 Å². The highest BCUT2D eigenvalue weighted by molar-refractivity contribution is 6.31. The Hall–Kier alpha value is -1.88. The third-order valence-corrected chi connectivity index (χ3v) is 3.19. The monoisotopic (exact) mass is 293 g/mol. The highest BCUT2D eigenvalue weighted by Gasteiger charge is 2.08. The summed E-state index contributed by atoms with van der Waals surface area (Å²) in [6, 6.07) is 4.93. The number of aromatic nitrogens is 2. The molecule has 2 rings (SSSR count). The van der Waals surface area contributed by atoms with E-state index >= 15 is 0 Å². The number of hydrogen-bond acceptors (Lipinski definition) is 3. The molecule has 5 nitrogen and oxygen atoms in total. The first-order valence-corrected chi connectivity index (χ1v) is 6.91. The Kier molecular flexibility index (Phi) is 4.74. The molecule has 1 heterocycles. The predicted octanol–water partition coefficient (Wildman–Crippen LogP) is 1.97. The van der Waals surface area contributed by atoms with Gasteiger partial charge in [-0.2, -0.15) is 0 Å². The van der Waals surface area contributed by atoms with Gasteiger partial charge in [0.05, 0.1) is 17.2 Å². The largest absolute Gasteiger partial charge is 0.355 e. The Morgan fingerprint density at radius 2 is 2.25 bits per heavy atom. The molecule has 0 unspecified atom stereocenters. The SMILES string of the molecule is CCCCNC(=O)Cn1cnc2ccc(Cl)cc2c1=O. The molecule has 0 radical (unpaired) electrons. The van der Waals surface area contributed by atoms with Crippen LogP contribution in [0.5, 0.6) is 0 Å². The Morgan fingerprint density at radius 1 is 1.45 bits per heavy atom. The van der Waals surface area contributed by atoms with Gasteiger partial charge in [0.2, 0.25) is 5.91 Å². The summed E-state index contributed by atoms with van der Waals surface area (Å²) in [6.45, 7) is 2.64. The van der Waals surface area contributed by atoms with Gasteiger partial charge in [-0.15, -0.1) is 0 Å². The van der Waals surface area contributed by atoms with Crippen LogP contribution in [-0.2, 0) is 11.3 Å². The van der Waals surface area contributed by atoms with E-state index in [9.17, 15) is 9.59 Å². The van der Waals surface area contributed by atoms with E-state index in [2.05, 4.69) is 10.3 Å². The van der Waals surface area contributed by atoms with Gasteiger partial charge in [0.15, 0.2) is 0 Å². The molecule has 0 saturated heterocycles. The maximum absolute atomic E-state index is 12.2. The molecule has 1 aromatic carbocycles. The molecule has 0 saturated carbocycles. The van der Waals surface area contributed by atoms with Crippen molar-refractivity contribution in [3.05, 3.63) is 39.9 Å². The van der Waals surface area contributed by atoms with Crippen LogP contribution < -0.4 is 10.9 Å². The average molecular weight is 294 g/mol. The molecule has 1 aromatic heterocycles. The lowest BCUT2D eigenvalue weighted by atomic mass is 10.2. The van der Waals surface area contributed by atoms with Gasteiger partial charge in [0.1, 0.15) is 6.54 Å². The molecule has 0 spiro atoms. The fourth-order valence-corrected chi connectivity index (χ4v) is 2.03. The molecule has 0 bridgehead atoms. The van der Waals surface area contributed by atoms with Gasteiger partial charge < -0.3 is 5.32 Å². The molecule has 20 heavy (non-hydrogen) atoms. The second-order valence-electron chi connectivity index (χ2n) is 4.54. The van der Waals surface area contributed by atoms with Crippen LogP contribution >= 0.6 is 11.6 Å². The summed E-state index contributed by atoms with van der Waals surface area (Å²) >= 11 is 5.88. The second-order valence-corrected chi connectivity index (χ2v) is 4.98. The van der Waals surface area contributed by atoms with E-state index in [0.29, 0.717) is 22.5 Å². The van der Waals surface area contributed by atoms with Crippen LogP contribution in [0.2, 0.25) is 5.02 Å². The van der Waals surface area contributed by atoms with Crippen LogP contribution in [0.15, 0.2) is 29.3 Å². The fraction of sp³-hybridized carbons (Fsp3) is 0.357. The standard InChI is InChI=1S/C14H16ClN3O2/c1-2-3-6-16-13(19)8-18-9-17-12-5-4-10(15)7-11(12)14(18)20/h4-5,7,9H,2-3,6,8H2,1H3,(H,16,19). The summed E-state index contributed by atoms with van der Waals surface area (Å²) in [4.78, 5) is 28.1. The Labute approximate surface area is 121 Å². The lowest BCUT2D eigenvalue weighted by Gasteiger charge is -2.07. The maximum Gasteiger partial charge on any atom is 0.261 e. The minimum atomic E-state index is -0.261. The minimum Gasteiger partial charge on any atom is -0.355 e. The van der Waals surface area contributed by atoms with Crippen LogP contribution in [0, 0.1) is 0 Å². The number of nitrogens with zero attached hydrogens (tertiary/aromatic N) is 2. The molecule has 0 aliphatic carbocycles. The van der Waals surface area contributed by atoms with E-state index in [1.54, 1.807) is 18.2 Å². The zero-order valence-corrected chi connectivity index (χ0v) is 12.0. The quantitative estimate of drug-likeness (QED) is 0.857. The van der Waals surface area contributed by atoms with Crippen molar-refractivity contribution in [1.82, 2.24) is 14.9 Å². The molecule has 0 aliphatic heterocycles. The van der Waals surface area contributed by atoms with Gasteiger partial charge in [-0.25, -0.2) is 4.98 Å². The zero-order chi connectivity index (χ0) is 14.5. The molecule has 0 atom stereocenters. The molecule has 6 heteroatoms. The van der Waals surface area contributed by atoms with Crippen molar-refractivity contribution in [1.29, 1.82) is 0 Å². The van der Waals surface area contributed by atoms with Crippen LogP contribution in [-0.4, -0.2) is 22.0 Å². The first kappa shape index (κ1) is 14.5. The number of halogens is 1. The van der Waals surface area contributed by atoms with E-state index in [4.69, 9.17) is 11.6 Å². The van der Waals surface area contributed by atoms with Gasteiger partial charge in [-0.05, 0) is 24.6 Å². The second kappa shape index (κ2) is 6.52. The molecular weight excluding hydrogens is 278 g/mol. The Bertz CT molecular complexity index is 682. The van der Waals surface area contributed by atoms with Crippen LogP contribution in [0.3, 0.4) is 0 Å². The van der Waals surface area contributed by atoms with Crippen molar-refractivity contribution < 1.29 is 4.79 Å². The van der Waals surface area contributed by atoms with E-state index in [1.807, 2.05) is 6.92 Å². The van der Waals surface area contributed by atoms with Crippen molar-refractivity contribution in [3.8, 4) is 0 Å². The summed E-state index contributed by atoms with van der Waals surface area (Å²) in [5, 5.41) is 3.66. The smallest absolute Gasteiger partial charge is 0.261 e. The van der Waals surface area contributed by atoms with Crippen molar-refractivity contribution in [2.45, 2.75) is 26.3 Å². The molecular formula is C14H16ClN3O2. The van der Waals surface area contributed by atoms with E-state index in [-0.39, 0.29) is 18.0 Å². The van der Waals surface area contributed by atoms with Crippen LogP contribution in [0.4, 0.5) is 0 Å². The molecule has 0 aliphatic rings. The number of carbonyl (C=O) groups excluding carboxylic acids is 1. The van der Waals surface area contributed by atoms with Gasteiger partial charge in [-0.3, -0.25) is 14.2 Å². The van der Waals surface area contributed by atoms with Gasteiger partial charge in [0.25, 0.3) is 5.56 Å². The summed E-state index contributed by atoms with van der Waals surface area (Å²) < 4.78 is 1.29. The molecule has 0 fully saturated rings. The predicted molar refractivity (Wildman–Crippen MR) is 78.9 cm³/mol. The van der Waals surface area contributed by atoms with Crippen LogP contribution in [0.1, 0.15) is 19.8 Å². The lowest BCUT2D eigenvalue weighted by molar-refractivity contribution is -0.121. The van der Waals surface area contributed by atoms with Crippen molar-refractivity contribution in [3.63, 3.8) is 0 Å². The zero-order valence-electron chi connectivity index (χ0n) is 11.2. The average Bonchev–Trinajstić information content (AvgIpc) is 2.43. The molecule has 1 N–H and O–H groups in total. The molecule has 106 valence electrons. The lowest BCUT2D eigenvalue weighted by Crippen LogP contribution is -2.32. The van der Waals surface area contributed by atoms with Gasteiger partial charge in [0, 0.05) is 11.6 Å². The normalized spacial score (nSPS) is 10.7. The number of carbonyl (C=O) groups is 1. The number of unbranched alkanes of at least 4 members (excludes halogenated alkanes) is 1. The summed E-state index contributed by atoms with van der Waals surface area (Å²) in [7, 11) is 0. The highest BCUT2D eigenvalue weighted by Crippen LogP contribution is 2.13. The number of nitrogens with one attached hydrogen (secondary N) is 1. The third-order valence-electron chi connectivity index (χ3n) is 2.95. The first-order chi connectivity index (χ1) is 9.61. The van der Waals surface area contributed by atoms with Crippen LogP contribution in [0.25, 0.3) is 10.9 Å². The number of amides is 1. The molecule has 1 amide bonds. The van der Waals surface area contributed by atoms with E-state index < -0.39 is 0 Å². The highest BCUT2D eigenvalue weighted by atomic mass is 35.5. The number of fused-ring (bicyclic) bond motifs is 1. The number of rotatable bonds is 5. The Morgan fingerprint density at radius 3 is 3.00 bits per heavy atom. The van der Waals surface area contributed by atoms with E-state index in [0.717, 1.165) is 12.8 Å².